The average Bonchev–Trinajstić information content (AvgIpc) is 3.45. The summed E-state index contributed by atoms with van der Waals surface area (Å²) in [4.78, 5) is 31.7. The van der Waals surface area contributed by atoms with E-state index in [9.17, 15) is 9.59 Å². The van der Waals surface area contributed by atoms with Gasteiger partial charge in [0.25, 0.3) is 0 Å². The topological polar surface area (TPSA) is 83.0 Å². The monoisotopic (exact) mass is 438 g/mol. The Morgan fingerprint density at radius 1 is 1.09 bits per heavy atom. The first-order valence-electron chi connectivity index (χ1n) is 11.8. The molecular formula is C25H34N4O3. The highest BCUT2D eigenvalue weighted by Crippen LogP contribution is 2.52. The molecule has 2 fully saturated rings. The van der Waals surface area contributed by atoms with Crippen molar-refractivity contribution in [3.05, 3.63) is 42.0 Å². The molecule has 0 aromatic heterocycles. The van der Waals surface area contributed by atoms with Gasteiger partial charge >= 0.3 is 0 Å². The fourth-order valence-electron chi connectivity index (χ4n) is 5.09. The lowest BCUT2D eigenvalue weighted by Gasteiger charge is -2.18. The van der Waals surface area contributed by atoms with Gasteiger partial charge in [0.1, 0.15) is 5.75 Å². The number of fused-ring (bicyclic) bond motifs is 5. The summed E-state index contributed by atoms with van der Waals surface area (Å²) < 4.78 is 5.68. The first-order chi connectivity index (χ1) is 15.5. The van der Waals surface area contributed by atoms with Crippen LogP contribution in [0.4, 0.5) is 0 Å². The molecule has 172 valence electrons. The summed E-state index contributed by atoms with van der Waals surface area (Å²) in [5.74, 6) is 1.96. The van der Waals surface area contributed by atoms with Crippen LogP contribution in [0.1, 0.15) is 39.2 Å². The van der Waals surface area contributed by atoms with E-state index in [1.807, 2.05) is 45.0 Å². The van der Waals surface area contributed by atoms with Crippen LogP contribution in [-0.2, 0) is 16.1 Å². The molecule has 4 unspecified atom stereocenters. The summed E-state index contributed by atoms with van der Waals surface area (Å²) in [6.45, 7) is 8.47. The van der Waals surface area contributed by atoms with Gasteiger partial charge in [-0.05, 0) is 63.1 Å². The summed E-state index contributed by atoms with van der Waals surface area (Å²) >= 11 is 0. The van der Waals surface area contributed by atoms with Crippen molar-refractivity contribution in [3.63, 3.8) is 0 Å². The summed E-state index contributed by atoms with van der Waals surface area (Å²) in [7, 11) is 0. The number of nitrogens with one attached hydrogen (secondary N) is 2. The quantitative estimate of drug-likeness (QED) is 0.204. The summed E-state index contributed by atoms with van der Waals surface area (Å²) in [6, 6.07) is 7.97. The molecule has 32 heavy (non-hydrogen) atoms. The van der Waals surface area contributed by atoms with E-state index in [1.165, 1.54) is 4.90 Å². The Bertz CT molecular complexity index is 863. The zero-order valence-electron chi connectivity index (χ0n) is 19.2. The number of hydrogen-bond acceptors (Lipinski definition) is 4. The first kappa shape index (κ1) is 22.4. The Labute approximate surface area is 190 Å². The molecule has 0 radical (unpaired) electrons. The predicted molar refractivity (Wildman–Crippen MR) is 124 cm³/mol. The number of carbonyl (C=O) groups is 2. The number of nitrogens with zero attached hydrogens (tertiary/aromatic N) is 2. The van der Waals surface area contributed by atoms with Crippen LogP contribution in [0, 0.1) is 23.7 Å². The van der Waals surface area contributed by atoms with Crippen LogP contribution in [0.2, 0.25) is 0 Å². The van der Waals surface area contributed by atoms with Crippen molar-refractivity contribution < 1.29 is 14.3 Å². The fourth-order valence-corrected chi connectivity index (χ4v) is 5.09. The minimum Gasteiger partial charge on any atom is -0.491 e. The van der Waals surface area contributed by atoms with Crippen molar-refractivity contribution in [1.82, 2.24) is 15.5 Å². The van der Waals surface area contributed by atoms with Gasteiger partial charge in [0.2, 0.25) is 11.8 Å². The third-order valence-electron chi connectivity index (χ3n) is 6.47. The van der Waals surface area contributed by atoms with Crippen LogP contribution in [0.3, 0.4) is 0 Å². The Balaban J connectivity index is 1.24. The molecule has 2 bridgehead atoms. The van der Waals surface area contributed by atoms with Crippen LogP contribution >= 0.6 is 0 Å². The zero-order chi connectivity index (χ0) is 22.7. The van der Waals surface area contributed by atoms with Gasteiger partial charge in [0, 0.05) is 19.6 Å². The standard InChI is InChI=1S/C25H34N4O3/c1-4-26-25(28-15-17-6-10-20(11-7-17)32-16(2)3)27-12-5-13-29-23(30)21-18-8-9-19(14-18)22(21)24(29)31/h6-11,16,18-19,21-22H,4-5,12-15H2,1-3H3,(H2,26,27,28). The highest BCUT2D eigenvalue weighted by atomic mass is 16.5. The SMILES string of the molecule is CCNC(=NCc1ccc(OC(C)C)cc1)NCCCN1C(=O)C2C3C=CC(C3)C2C1=O. The number of allylic oxidation sites excluding steroid dienone is 2. The molecule has 7 heteroatoms. The smallest absolute Gasteiger partial charge is 0.233 e. The summed E-state index contributed by atoms with van der Waals surface area (Å²) in [6.07, 6.45) is 6.09. The van der Waals surface area contributed by atoms with E-state index in [-0.39, 0.29) is 41.6 Å². The van der Waals surface area contributed by atoms with Crippen LogP contribution in [-0.4, -0.2) is 48.4 Å². The minimum atomic E-state index is -0.110. The maximum atomic E-state index is 12.8. The van der Waals surface area contributed by atoms with Crippen LogP contribution in [0.15, 0.2) is 41.4 Å². The third kappa shape index (κ3) is 4.66. The number of ether oxygens (including phenoxy) is 1. The summed E-state index contributed by atoms with van der Waals surface area (Å²) in [5.41, 5.74) is 1.10. The molecule has 2 amide bonds. The first-order valence-corrected chi connectivity index (χ1v) is 11.8. The van der Waals surface area contributed by atoms with Crippen molar-refractivity contribution in [2.24, 2.45) is 28.7 Å². The molecule has 4 atom stereocenters. The second-order valence-electron chi connectivity index (χ2n) is 9.11. The molecule has 2 N–H and O–H groups in total. The van der Waals surface area contributed by atoms with E-state index >= 15 is 0 Å². The maximum absolute atomic E-state index is 12.8. The van der Waals surface area contributed by atoms with Gasteiger partial charge in [-0.25, -0.2) is 4.99 Å². The minimum absolute atomic E-state index is 0.0299. The van der Waals surface area contributed by atoms with Gasteiger partial charge in [0.05, 0.1) is 24.5 Å². The van der Waals surface area contributed by atoms with Gasteiger partial charge in [-0.3, -0.25) is 14.5 Å². The molecule has 2 aliphatic carbocycles. The van der Waals surface area contributed by atoms with Gasteiger partial charge < -0.3 is 15.4 Å². The second kappa shape index (κ2) is 9.76. The number of rotatable bonds is 9. The van der Waals surface area contributed by atoms with Crippen molar-refractivity contribution in [3.8, 4) is 5.75 Å². The van der Waals surface area contributed by atoms with Crippen molar-refractivity contribution in [2.45, 2.75) is 46.3 Å². The van der Waals surface area contributed by atoms with Crippen LogP contribution < -0.4 is 15.4 Å². The predicted octanol–water partition coefficient (Wildman–Crippen LogP) is 2.73. The van der Waals surface area contributed by atoms with Crippen molar-refractivity contribution >= 4 is 17.8 Å². The number of benzene rings is 1. The Hall–Kier alpha value is -2.83. The van der Waals surface area contributed by atoms with E-state index < -0.39 is 0 Å². The molecule has 3 aliphatic rings. The lowest BCUT2D eigenvalue weighted by Crippen LogP contribution is -2.40. The average molecular weight is 439 g/mol. The Kier molecular flexibility index (Phi) is 6.82. The van der Waals surface area contributed by atoms with Crippen LogP contribution in [0.5, 0.6) is 5.75 Å². The number of guanidine groups is 1. The van der Waals surface area contributed by atoms with Gasteiger partial charge in [-0.2, -0.15) is 0 Å². The molecule has 4 rings (SSSR count). The molecule has 0 spiro atoms. The highest BCUT2D eigenvalue weighted by molar-refractivity contribution is 6.06. The number of carbonyl (C=O) groups excluding carboxylic acids is 2. The van der Waals surface area contributed by atoms with Crippen molar-refractivity contribution in [2.75, 3.05) is 19.6 Å². The number of aliphatic imine (C=N–C) groups is 1. The lowest BCUT2D eigenvalue weighted by molar-refractivity contribution is -0.140. The summed E-state index contributed by atoms with van der Waals surface area (Å²) in [5, 5.41) is 6.56. The normalized spacial score (nSPS) is 26.2. The number of amides is 2. The van der Waals surface area contributed by atoms with Gasteiger partial charge in [0.15, 0.2) is 5.96 Å². The lowest BCUT2D eigenvalue weighted by atomic mass is 9.85. The molecule has 1 saturated heterocycles. The molecule has 1 aromatic carbocycles. The maximum Gasteiger partial charge on any atom is 0.233 e. The third-order valence-corrected chi connectivity index (χ3v) is 6.47. The van der Waals surface area contributed by atoms with E-state index in [0.29, 0.717) is 26.1 Å². The Morgan fingerprint density at radius 2 is 1.75 bits per heavy atom. The second-order valence-corrected chi connectivity index (χ2v) is 9.11. The molecule has 1 aliphatic heterocycles. The van der Waals surface area contributed by atoms with E-state index in [2.05, 4.69) is 27.8 Å². The van der Waals surface area contributed by atoms with E-state index in [1.54, 1.807) is 0 Å². The molecule has 1 aromatic rings. The largest absolute Gasteiger partial charge is 0.491 e. The van der Waals surface area contributed by atoms with E-state index in [0.717, 1.165) is 30.2 Å². The van der Waals surface area contributed by atoms with Crippen LogP contribution in [0.25, 0.3) is 0 Å². The highest BCUT2D eigenvalue weighted by Gasteiger charge is 2.58. The van der Waals surface area contributed by atoms with E-state index in [4.69, 9.17) is 4.74 Å². The molecular weight excluding hydrogens is 404 g/mol. The molecule has 7 nitrogen and oxygen atoms in total. The van der Waals surface area contributed by atoms with Crippen molar-refractivity contribution in [1.29, 1.82) is 0 Å². The van der Waals surface area contributed by atoms with Gasteiger partial charge in [-0.15, -0.1) is 0 Å². The fraction of sp³-hybridized carbons (Fsp3) is 0.560. The number of likely N-dealkylation sites (tertiary alicyclic amines) is 1. The Morgan fingerprint density at radius 3 is 2.34 bits per heavy atom. The number of imide groups is 1. The van der Waals surface area contributed by atoms with Gasteiger partial charge in [-0.1, -0.05) is 24.3 Å². The number of hydrogen-bond donors (Lipinski definition) is 2. The molecule has 1 heterocycles. The zero-order valence-corrected chi connectivity index (χ0v) is 19.2. The molecule has 1 saturated carbocycles.